The maximum absolute atomic E-state index is 13.0. The minimum atomic E-state index is -0.0361. The van der Waals surface area contributed by atoms with E-state index in [2.05, 4.69) is 16.0 Å². The predicted octanol–water partition coefficient (Wildman–Crippen LogP) is 3.00. The van der Waals surface area contributed by atoms with Crippen LogP contribution in [0.1, 0.15) is 47.2 Å². The first-order valence-electron chi connectivity index (χ1n) is 9.35. The molecule has 6 heteroatoms. The normalized spacial score (nSPS) is 17.2. The molecule has 1 amide bonds. The fourth-order valence-corrected chi connectivity index (χ4v) is 3.23. The second kappa shape index (κ2) is 8.48. The highest BCUT2D eigenvalue weighted by Crippen LogP contribution is 2.19. The Hall–Kier alpha value is -2.47. The van der Waals surface area contributed by atoms with Crippen LogP contribution < -0.4 is 4.74 Å². The van der Waals surface area contributed by atoms with Crippen LogP contribution in [0.2, 0.25) is 0 Å². The molecule has 0 saturated carbocycles. The molecule has 0 aliphatic carbocycles. The van der Waals surface area contributed by atoms with Crippen LogP contribution in [0.25, 0.3) is 0 Å². The number of benzene rings is 1. The zero-order valence-corrected chi connectivity index (χ0v) is 16.4. The number of aryl methyl sites for hydroxylation is 1. The van der Waals surface area contributed by atoms with Crippen molar-refractivity contribution in [2.75, 3.05) is 26.8 Å². The molecule has 144 valence electrons. The monoisotopic (exact) mass is 369 g/mol. The van der Waals surface area contributed by atoms with E-state index < -0.39 is 0 Å². The van der Waals surface area contributed by atoms with Crippen molar-refractivity contribution in [2.24, 2.45) is 0 Å². The molecule has 1 aliphatic rings. The zero-order valence-electron chi connectivity index (χ0n) is 16.4. The van der Waals surface area contributed by atoms with Crippen LogP contribution in [0.3, 0.4) is 0 Å². The van der Waals surface area contributed by atoms with Crippen LogP contribution in [0, 0.1) is 6.92 Å². The number of aromatic nitrogens is 2. The van der Waals surface area contributed by atoms with Crippen LogP contribution >= 0.6 is 0 Å². The summed E-state index contributed by atoms with van der Waals surface area (Å²) in [6, 6.07) is 7.95. The molecular formula is C21H27N3O3. The average Bonchev–Trinajstić information content (AvgIpc) is 2.67. The molecule has 1 aliphatic heterocycles. The Balaban J connectivity index is 1.69. The number of morpholine rings is 1. The van der Waals surface area contributed by atoms with E-state index in [9.17, 15) is 4.79 Å². The number of carbonyl (C=O) groups excluding carboxylic acids is 1. The Labute approximate surface area is 160 Å². The maximum atomic E-state index is 13.0. The zero-order chi connectivity index (χ0) is 19.4. The Morgan fingerprint density at radius 2 is 2.22 bits per heavy atom. The van der Waals surface area contributed by atoms with Gasteiger partial charge in [-0.3, -0.25) is 4.79 Å². The minimum absolute atomic E-state index is 0.0262. The first kappa shape index (κ1) is 19.3. The molecule has 1 aromatic carbocycles. The largest absolute Gasteiger partial charge is 0.497 e. The van der Waals surface area contributed by atoms with E-state index in [1.54, 1.807) is 13.3 Å². The summed E-state index contributed by atoms with van der Waals surface area (Å²) < 4.78 is 11.2. The molecule has 0 N–H and O–H groups in total. The van der Waals surface area contributed by atoms with Gasteiger partial charge >= 0.3 is 0 Å². The predicted molar refractivity (Wildman–Crippen MR) is 103 cm³/mol. The van der Waals surface area contributed by atoms with Crippen LogP contribution in [0.4, 0.5) is 0 Å². The summed E-state index contributed by atoms with van der Waals surface area (Å²) in [6.45, 7) is 7.63. The maximum Gasteiger partial charge on any atom is 0.257 e. The summed E-state index contributed by atoms with van der Waals surface area (Å²) in [7, 11) is 1.66. The Morgan fingerprint density at radius 3 is 2.93 bits per heavy atom. The molecule has 0 radical (unpaired) electrons. The SMILES string of the molecule is COc1cccc(C[C@@H]2CN(C(=O)c3cnc(C(C)C)nc3C)CCO2)c1. The Morgan fingerprint density at radius 1 is 1.41 bits per heavy atom. The highest BCUT2D eigenvalue weighted by atomic mass is 16.5. The van der Waals surface area contributed by atoms with E-state index >= 15 is 0 Å². The summed E-state index contributed by atoms with van der Waals surface area (Å²) in [5.74, 6) is 1.81. The van der Waals surface area contributed by atoms with Gasteiger partial charge in [0, 0.05) is 31.6 Å². The van der Waals surface area contributed by atoms with Crippen molar-refractivity contribution in [2.45, 2.75) is 39.2 Å². The number of rotatable bonds is 5. The molecule has 1 saturated heterocycles. The summed E-state index contributed by atoms with van der Waals surface area (Å²) in [4.78, 5) is 23.7. The van der Waals surface area contributed by atoms with Gasteiger partial charge in [-0.05, 0) is 24.6 Å². The molecule has 1 aromatic heterocycles. The van der Waals surface area contributed by atoms with E-state index in [0.717, 1.165) is 29.3 Å². The van der Waals surface area contributed by atoms with E-state index in [4.69, 9.17) is 9.47 Å². The third kappa shape index (κ3) is 4.63. The number of carbonyl (C=O) groups is 1. The van der Waals surface area contributed by atoms with Crippen molar-refractivity contribution < 1.29 is 14.3 Å². The van der Waals surface area contributed by atoms with Gasteiger partial charge in [0.25, 0.3) is 5.91 Å². The third-order valence-corrected chi connectivity index (χ3v) is 4.77. The van der Waals surface area contributed by atoms with Gasteiger partial charge in [-0.2, -0.15) is 0 Å². The van der Waals surface area contributed by atoms with Gasteiger partial charge in [0.05, 0.1) is 31.1 Å². The molecule has 1 fully saturated rings. The lowest BCUT2D eigenvalue weighted by molar-refractivity contribution is -0.0208. The number of amides is 1. The highest BCUT2D eigenvalue weighted by Gasteiger charge is 2.27. The van der Waals surface area contributed by atoms with Gasteiger partial charge in [0.15, 0.2) is 0 Å². The van der Waals surface area contributed by atoms with E-state index in [1.807, 2.05) is 43.9 Å². The molecule has 3 rings (SSSR count). The standard InChI is InChI=1S/C21H27N3O3/c1-14(2)20-22-12-19(15(3)23-20)21(25)24-8-9-27-18(13-24)11-16-6-5-7-17(10-16)26-4/h5-7,10,12,14,18H,8-9,11,13H2,1-4H3/t18-/m1/s1. The number of methoxy groups -OCH3 is 1. The second-order valence-electron chi connectivity index (χ2n) is 7.18. The van der Waals surface area contributed by atoms with E-state index in [0.29, 0.717) is 25.3 Å². The third-order valence-electron chi connectivity index (χ3n) is 4.77. The molecule has 2 aromatic rings. The van der Waals surface area contributed by atoms with Gasteiger partial charge in [-0.1, -0.05) is 26.0 Å². The Bertz CT molecular complexity index is 807. The van der Waals surface area contributed by atoms with Crippen LogP contribution in [0.5, 0.6) is 5.75 Å². The van der Waals surface area contributed by atoms with Crippen LogP contribution in [-0.4, -0.2) is 53.7 Å². The van der Waals surface area contributed by atoms with Crippen molar-refractivity contribution in [3.8, 4) is 5.75 Å². The van der Waals surface area contributed by atoms with Crippen molar-refractivity contribution in [1.29, 1.82) is 0 Å². The minimum Gasteiger partial charge on any atom is -0.497 e. The quantitative estimate of drug-likeness (QED) is 0.811. The smallest absolute Gasteiger partial charge is 0.257 e. The summed E-state index contributed by atoms with van der Waals surface area (Å²) >= 11 is 0. The molecule has 6 nitrogen and oxygen atoms in total. The average molecular weight is 369 g/mol. The molecule has 0 unspecified atom stereocenters. The molecular weight excluding hydrogens is 342 g/mol. The van der Waals surface area contributed by atoms with Gasteiger partial charge in [-0.15, -0.1) is 0 Å². The Kier molecular flexibility index (Phi) is 6.06. The topological polar surface area (TPSA) is 64.5 Å². The van der Waals surface area contributed by atoms with Crippen molar-refractivity contribution in [3.05, 3.63) is 53.1 Å². The first-order chi connectivity index (χ1) is 13.0. The molecule has 0 bridgehead atoms. The van der Waals surface area contributed by atoms with Crippen LogP contribution in [0.15, 0.2) is 30.5 Å². The van der Waals surface area contributed by atoms with Gasteiger partial charge in [-0.25, -0.2) is 9.97 Å². The molecule has 0 spiro atoms. The van der Waals surface area contributed by atoms with Crippen molar-refractivity contribution in [1.82, 2.24) is 14.9 Å². The fourth-order valence-electron chi connectivity index (χ4n) is 3.23. The lowest BCUT2D eigenvalue weighted by atomic mass is 10.1. The number of hydrogen-bond donors (Lipinski definition) is 0. The number of nitrogens with zero attached hydrogens (tertiary/aromatic N) is 3. The summed E-state index contributed by atoms with van der Waals surface area (Å²) in [6.07, 6.45) is 2.36. The fraction of sp³-hybridized carbons (Fsp3) is 0.476. The first-order valence-corrected chi connectivity index (χ1v) is 9.35. The molecule has 1 atom stereocenters. The number of hydrogen-bond acceptors (Lipinski definition) is 5. The van der Waals surface area contributed by atoms with Gasteiger partial charge in [0.1, 0.15) is 11.6 Å². The lowest BCUT2D eigenvalue weighted by Crippen LogP contribution is -2.46. The van der Waals surface area contributed by atoms with Crippen molar-refractivity contribution >= 4 is 5.91 Å². The van der Waals surface area contributed by atoms with Crippen molar-refractivity contribution in [3.63, 3.8) is 0 Å². The lowest BCUT2D eigenvalue weighted by Gasteiger charge is -2.33. The number of ether oxygens (including phenoxy) is 2. The van der Waals surface area contributed by atoms with Gasteiger partial charge < -0.3 is 14.4 Å². The second-order valence-corrected chi connectivity index (χ2v) is 7.18. The van der Waals surface area contributed by atoms with E-state index in [-0.39, 0.29) is 17.9 Å². The van der Waals surface area contributed by atoms with Gasteiger partial charge in [0.2, 0.25) is 0 Å². The highest BCUT2D eigenvalue weighted by molar-refractivity contribution is 5.95. The van der Waals surface area contributed by atoms with Crippen LogP contribution in [-0.2, 0) is 11.2 Å². The van der Waals surface area contributed by atoms with E-state index in [1.165, 1.54) is 0 Å². The molecule has 27 heavy (non-hydrogen) atoms. The summed E-state index contributed by atoms with van der Waals surface area (Å²) in [5.41, 5.74) is 2.44. The molecule has 2 heterocycles. The summed E-state index contributed by atoms with van der Waals surface area (Å²) in [5, 5.41) is 0.